The van der Waals surface area contributed by atoms with Gasteiger partial charge in [-0.15, -0.1) is 0 Å². The number of rotatable bonds is 3. The predicted molar refractivity (Wildman–Crippen MR) is 66.4 cm³/mol. The highest BCUT2D eigenvalue weighted by molar-refractivity contribution is 4.90. The van der Waals surface area contributed by atoms with Crippen LogP contribution in [0.3, 0.4) is 0 Å². The minimum Gasteiger partial charge on any atom is -0.378 e. The molecule has 2 heterocycles. The zero-order valence-corrected chi connectivity index (χ0v) is 10.7. The van der Waals surface area contributed by atoms with Gasteiger partial charge in [0.25, 0.3) is 0 Å². The lowest BCUT2D eigenvalue weighted by Gasteiger charge is -2.35. The first-order valence-corrected chi connectivity index (χ1v) is 6.82. The van der Waals surface area contributed by atoms with Crippen molar-refractivity contribution in [1.82, 2.24) is 4.90 Å². The molecule has 0 aromatic carbocycles. The first-order valence-electron chi connectivity index (χ1n) is 6.82. The van der Waals surface area contributed by atoms with Gasteiger partial charge in [-0.1, -0.05) is 20.3 Å². The van der Waals surface area contributed by atoms with Crippen LogP contribution in [0, 0.1) is 5.92 Å². The molecule has 3 nitrogen and oxygen atoms in total. The minimum atomic E-state index is 0.382. The van der Waals surface area contributed by atoms with E-state index in [9.17, 15) is 0 Å². The molecule has 2 aliphatic heterocycles. The van der Waals surface area contributed by atoms with Crippen LogP contribution in [-0.4, -0.2) is 42.8 Å². The van der Waals surface area contributed by atoms with Crippen LogP contribution in [0.2, 0.25) is 0 Å². The molecule has 0 radical (unpaired) electrons. The van der Waals surface area contributed by atoms with Crippen LogP contribution in [0.15, 0.2) is 0 Å². The molecule has 94 valence electrons. The Kier molecular flexibility index (Phi) is 4.22. The Morgan fingerprint density at radius 3 is 2.81 bits per heavy atom. The summed E-state index contributed by atoms with van der Waals surface area (Å²) in [6.45, 7) is 7.72. The summed E-state index contributed by atoms with van der Waals surface area (Å²) in [7, 11) is 0. The third-order valence-corrected chi connectivity index (χ3v) is 4.17. The number of ether oxygens (including phenoxy) is 1. The van der Waals surface area contributed by atoms with Crippen molar-refractivity contribution < 1.29 is 4.74 Å². The summed E-state index contributed by atoms with van der Waals surface area (Å²) < 4.78 is 5.80. The van der Waals surface area contributed by atoms with Crippen LogP contribution >= 0.6 is 0 Å². The number of likely N-dealkylation sites (tertiary alicyclic amines) is 1. The first kappa shape index (κ1) is 12.3. The first-order chi connectivity index (χ1) is 7.70. The van der Waals surface area contributed by atoms with Crippen molar-refractivity contribution in [3.05, 3.63) is 0 Å². The lowest BCUT2D eigenvalue weighted by atomic mass is 9.99. The Bertz CT molecular complexity index is 210. The maximum absolute atomic E-state index is 6.10. The van der Waals surface area contributed by atoms with E-state index in [0.717, 1.165) is 19.2 Å². The van der Waals surface area contributed by atoms with Crippen molar-refractivity contribution in [3.63, 3.8) is 0 Å². The van der Waals surface area contributed by atoms with Crippen molar-refractivity contribution in [3.8, 4) is 0 Å². The Morgan fingerprint density at radius 1 is 1.38 bits per heavy atom. The van der Waals surface area contributed by atoms with Crippen molar-refractivity contribution in [2.45, 2.75) is 57.7 Å². The van der Waals surface area contributed by atoms with Gasteiger partial charge in [-0.2, -0.15) is 0 Å². The van der Waals surface area contributed by atoms with Gasteiger partial charge in [-0.05, 0) is 25.2 Å². The second kappa shape index (κ2) is 5.48. The van der Waals surface area contributed by atoms with Gasteiger partial charge in [0, 0.05) is 31.8 Å². The Balaban J connectivity index is 1.85. The Hall–Kier alpha value is -0.120. The van der Waals surface area contributed by atoms with Gasteiger partial charge in [0.05, 0.1) is 6.10 Å². The highest BCUT2D eigenvalue weighted by Crippen LogP contribution is 2.26. The summed E-state index contributed by atoms with van der Waals surface area (Å²) in [6, 6.07) is 1.11. The second-order valence-electron chi connectivity index (χ2n) is 5.55. The molecule has 0 aliphatic carbocycles. The maximum atomic E-state index is 6.10. The van der Waals surface area contributed by atoms with Crippen LogP contribution in [0.25, 0.3) is 0 Å². The molecule has 2 saturated heterocycles. The van der Waals surface area contributed by atoms with Gasteiger partial charge in [-0.25, -0.2) is 0 Å². The van der Waals surface area contributed by atoms with Crippen LogP contribution < -0.4 is 5.73 Å². The standard InChI is InChI=1S/C13H26N2O/c1-3-4-12-7-11(5-6-16-12)15-8-10(2)13(14)9-15/h10-13H,3-9,14H2,1-2H3. The maximum Gasteiger partial charge on any atom is 0.0590 e. The minimum absolute atomic E-state index is 0.382. The van der Waals surface area contributed by atoms with Crippen LogP contribution in [0.4, 0.5) is 0 Å². The molecule has 0 amide bonds. The van der Waals surface area contributed by atoms with Crippen LogP contribution in [0.5, 0.6) is 0 Å². The molecule has 2 N–H and O–H groups in total. The van der Waals surface area contributed by atoms with Crippen molar-refractivity contribution in [1.29, 1.82) is 0 Å². The van der Waals surface area contributed by atoms with Gasteiger partial charge in [0.1, 0.15) is 0 Å². The molecule has 2 rings (SSSR count). The van der Waals surface area contributed by atoms with Crippen molar-refractivity contribution in [2.75, 3.05) is 19.7 Å². The second-order valence-corrected chi connectivity index (χ2v) is 5.55. The summed E-state index contributed by atoms with van der Waals surface area (Å²) in [5.74, 6) is 0.660. The third-order valence-electron chi connectivity index (χ3n) is 4.17. The van der Waals surface area contributed by atoms with Gasteiger partial charge in [-0.3, -0.25) is 4.90 Å². The van der Waals surface area contributed by atoms with E-state index in [1.54, 1.807) is 0 Å². The lowest BCUT2D eigenvalue weighted by Crippen LogP contribution is -2.42. The van der Waals surface area contributed by atoms with Crippen LogP contribution in [0.1, 0.15) is 39.5 Å². The van der Waals surface area contributed by atoms with Gasteiger partial charge >= 0.3 is 0 Å². The number of hydrogen-bond acceptors (Lipinski definition) is 3. The topological polar surface area (TPSA) is 38.5 Å². The van der Waals surface area contributed by atoms with Gasteiger partial charge in [0.15, 0.2) is 0 Å². The predicted octanol–water partition coefficient (Wildman–Crippen LogP) is 1.61. The van der Waals surface area contributed by atoms with E-state index >= 15 is 0 Å². The number of hydrogen-bond donors (Lipinski definition) is 1. The zero-order valence-electron chi connectivity index (χ0n) is 10.7. The van der Waals surface area contributed by atoms with E-state index in [1.165, 1.54) is 32.2 Å². The fraction of sp³-hybridized carbons (Fsp3) is 1.00. The summed E-state index contributed by atoms with van der Waals surface area (Å²) >= 11 is 0. The van der Waals surface area contributed by atoms with Gasteiger partial charge < -0.3 is 10.5 Å². The molecular weight excluding hydrogens is 200 g/mol. The Morgan fingerprint density at radius 2 is 2.19 bits per heavy atom. The molecule has 4 unspecified atom stereocenters. The summed E-state index contributed by atoms with van der Waals surface area (Å²) in [5, 5.41) is 0. The van der Waals surface area contributed by atoms with E-state index in [4.69, 9.17) is 10.5 Å². The molecule has 4 atom stereocenters. The number of nitrogens with two attached hydrogens (primary N) is 1. The van der Waals surface area contributed by atoms with E-state index in [2.05, 4.69) is 18.7 Å². The lowest BCUT2D eigenvalue weighted by molar-refractivity contribution is -0.0269. The molecular formula is C13H26N2O. The Labute approximate surface area is 99.3 Å². The molecule has 0 aromatic heterocycles. The quantitative estimate of drug-likeness (QED) is 0.794. The summed E-state index contributed by atoms with van der Waals surface area (Å²) in [5.41, 5.74) is 6.10. The normalized spacial score (nSPS) is 41.4. The van der Waals surface area contributed by atoms with E-state index in [-0.39, 0.29) is 0 Å². The monoisotopic (exact) mass is 226 g/mol. The molecule has 2 aliphatic rings. The SMILES string of the molecule is CCCC1CC(N2CC(C)C(N)C2)CCO1. The largest absolute Gasteiger partial charge is 0.378 e. The van der Waals surface area contributed by atoms with Gasteiger partial charge in [0.2, 0.25) is 0 Å². The highest BCUT2D eigenvalue weighted by atomic mass is 16.5. The van der Waals surface area contributed by atoms with E-state index < -0.39 is 0 Å². The molecule has 0 aromatic rings. The fourth-order valence-corrected chi connectivity index (χ4v) is 3.04. The molecule has 16 heavy (non-hydrogen) atoms. The van der Waals surface area contributed by atoms with Crippen LogP contribution in [-0.2, 0) is 4.74 Å². The number of nitrogens with zero attached hydrogens (tertiary/aromatic N) is 1. The van der Waals surface area contributed by atoms with Crippen molar-refractivity contribution >= 4 is 0 Å². The summed E-state index contributed by atoms with van der Waals surface area (Å²) in [6.07, 6.45) is 5.35. The highest BCUT2D eigenvalue weighted by Gasteiger charge is 2.34. The van der Waals surface area contributed by atoms with E-state index in [0.29, 0.717) is 18.1 Å². The molecule has 0 saturated carbocycles. The zero-order chi connectivity index (χ0) is 11.5. The average molecular weight is 226 g/mol. The fourth-order valence-electron chi connectivity index (χ4n) is 3.04. The molecule has 2 fully saturated rings. The molecule has 0 spiro atoms. The third kappa shape index (κ3) is 2.76. The average Bonchev–Trinajstić information content (AvgIpc) is 2.60. The smallest absolute Gasteiger partial charge is 0.0590 e. The van der Waals surface area contributed by atoms with Crippen molar-refractivity contribution in [2.24, 2.45) is 11.7 Å². The summed E-state index contributed by atoms with van der Waals surface area (Å²) in [4.78, 5) is 2.60. The van der Waals surface area contributed by atoms with E-state index in [1.807, 2.05) is 0 Å². The molecule has 0 bridgehead atoms. The molecule has 3 heteroatoms.